The third-order valence-corrected chi connectivity index (χ3v) is 3.42. The molecule has 0 spiro atoms. The van der Waals surface area contributed by atoms with Gasteiger partial charge in [0.1, 0.15) is 13.7 Å². The highest BCUT2D eigenvalue weighted by atomic mass is 127. The molecule has 0 radical (unpaired) electrons. The van der Waals surface area contributed by atoms with E-state index >= 15 is 0 Å². The first-order chi connectivity index (χ1) is 9.83. The molecular weight excluding hydrogens is 399 g/mol. The van der Waals surface area contributed by atoms with Gasteiger partial charge in [-0.15, -0.1) is 4.37 Å². The summed E-state index contributed by atoms with van der Waals surface area (Å²) in [6, 6.07) is 10.0. The minimum atomic E-state index is 0. The van der Waals surface area contributed by atoms with Gasteiger partial charge in [0.25, 0.3) is 5.88 Å². The Kier molecular flexibility index (Phi) is 5.68. The van der Waals surface area contributed by atoms with Gasteiger partial charge in [0, 0.05) is 6.20 Å². The van der Waals surface area contributed by atoms with Gasteiger partial charge in [0.15, 0.2) is 11.9 Å². The van der Waals surface area contributed by atoms with Crippen molar-refractivity contribution >= 4 is 23.5 Å². The van der Waals surface area contributed by atoms with E-state index in [-0.39, 0.29) is 24.0 Å². The van der Waals surface area contributed by atoms with Gasteiger partial charge >= 0.3 is 0 Å². The van der Waals surface area contributed by atoms with Crippen LogP contribution in [-0.4, -0.2) is 33.3 Å². The van der Waals surface area contributed by atoms with Crippen LogP contribution in [-0.2, 0) is 6.61 Å². The van der Waals surface area contributed by atoms with Crippen molar-refractivity contribution in [2.24, 2.45) is 0 Å². The average Bonchev–Trinajstić information content (AvgIpc) is 2.95. The zero-order valence-electron chi connectivity index (χ0n) is 11.5. The highest BCUT2D eigenvalue weighted by Crippen LogP contribution is 2.23. The molecule has 2 aromatic rings. The Labute approximate surface area is 144 Å². The first kappa shape index (κ1) is 15.9. The summed E-state index contributed by atoms with van der Waals surface area (Å²) < 4.78 is 16.4. The quantitative estimate of drug-likeness (QED) is 0.501. The maximum absolute atomic E-state index is 5.78. The first-order valence-electron chi connectivity index (χ1n) is 6.31. The van der Waals surface area contributed by atoms with Crippen LogP contribution in [0.25, 0.3) is 5.57 Å². The number of rotatable bonds is 4. The first-order valence-corrected chi connectivity index (χ1v) is 7.04. The summed E-state index contributed by atoms with van der Waals surface area (Å²) in [7, 11) is 2.00. The summed E-state index contributed by atoms with van der Waals surface area (Å²) in [6.45, 7) is 1.29. The van der Waals surface area contributed by atoms with Crippen molar-refractivity contribution in [3.63, 3.8) is 0 Å². The van der Waals surface area contributed by atoms with Crippen LogP contribution in [0.1, 0.15) is 11.3 Å². The molecule has 0 bridgehead atoms. The van der Waals surface area contributed by atoms with Crippen molar-refractivity contribution < 1.29 is 33.3 Å². The molecule has 2 heterocycles. The fourth-order valence-corrected chi connectivity index (χ4v) is 2.45. The smallest absolute Gasteiger partial charge is 0.254 e. The molecular formula is C14H15IN4OS. The van der Waals surface area contributed by atoms with E-state index in [9.17, 15) is 0 Å². The summed E-state index contributed by atoms with van der Waals surface area (Å²) in [5.41, 5.74) is 2.88. The maximum Gasteiger partial charge on any atom is 0.254 e. The molecule has 0 unspecified atom stereocenters. The van der Waals surface area contributed by atoms with Gasteiger partial charge in [0.05, 0.1) is 17.3 Å². The number of halogens is 1. The zero-order valence-corrected chi connectivity index (χ0v) is 14.5. The Morgan fingerprint density at radius 2 is 2.10 bits per heavy atom. The van der Waals surface area contributed by atoms with E-state index < -0.39 is 0 Å². The van der Waals surface area contributed by atoms with E-state index in [2.05, 4.69) is 18.6 Å². The van der Waals surface area contributed by atoms with Crippen molar-refractivity contribution in [1.82, 2.24) is 14.1 Å². The standard InChI is InChI=1S/C14H14N4OS.HI/c1-18-8-12(7-15-10-18)13-14(17-20-16-13)19-9-11-5-3-2-4-6-11;/h2-8H,9-10H2,1H3;1H. The highest BCUT2D eigenvalue weighted by molar-refractivity contribution is 6.99. The number of hydrogen-bond acceptors (Lipinski definition) is 5. The molecule has 3 rings (SSSR count). The lowest BCUT2D eigenvalue weighted by Gasteiger charge is -2.08. The lowest BCUT2D eigenvalue weighted by atomic mass is 10.2. The van der Waals surface area contributed by atoms with Crippen molar-refractivity contribution in [3.8, 4) is 5.88 Å². The summed E-state index contributed by atoms with van der Waals surface area (Å²) in [5, 5.41) is 3.19. The number of nitrogens with one attached hydrogen (secondary N) is 1. The van der Waals surface area contributed by atoms with Crippen LogP contribution in [0.5, 0.6) is 5.88 Å². The molecule has 0 atom stereocenters. The van der Waals surface area contributed by atoms with Gasteiger partial charge in [-0.05, 0) is 5.56 Å². The van der Waals surface area contributed by atoms with Gasteiger partial charge in [-0.1, -0.05) is 30.3 Å². The molecule has 1 aromatic heterocycles. The van der Waals surface area contributed by atoms with Gasteiger partial charge in [-0.25, -0.2) is 4.58 Å². The number of aromatic nitrogens is 2. The van der Waals surface area contributed by atoms with E-state index in [0.29, 0.717) is 12.5 Å². The minimum Gasteiger partial charge on any atom is -1.00 e. The van der Waals surface area contributed by atoms with Crippen LogP contribution in [0.2, 0.25) is 0 Å². The summed E-state index contributed by atoms with van der Waals surface area (Å²) in [4.78, 5) is 0. The Hall–Kier alpha value is -1.48. The van der Waals surface area contributed by atoms with Crippen LogP contribution in [0.15, 0.2) is 36.5 Å². The molecule has 110 valence electrons. The molecule has 0 saturated heterocycles. The molecule has 5 nitrogen and oxygen atoms in total. The van der Waals surface area contributed by atoms with Crippen LogP contribution >= 0.6 is 11.7 Å². The predicted octanol–water partition coefficient (Wildman–Crippen LogP) is -1.26. The second-order valence-electron chi connectivity index (χ2n) is 4.54. The van der Waals surface area contributed by atoms with E-state index in [1.54, 1.807) is 0 Å². The number of ether oxygens (including phenoxy) is 1. The summed E-state index contributed by atoms with van der Waals surface area (Å²) in [5.74, 6) is 0.582. The predicted molar refractivity (Wildman–Crippen MR) is 78.9 cm³/mol. The fourth-order valence-electron chi connectivity index (χ4n) is 1.93. The van der Waals surface area contributed by atoms with E-state index in [1.807, 2.05) is 49.8 Å². The van der Waals surface area contributed by atoms with Crippen molar-refractivity contribution in [2.45, 2.75) is 6.61 Å². The lowest BCUT2D eigenvalue weighted by Crippen LogP contribution is -3.00. The van der Waals surface area contributed by atoms with Crippen LogP contribution in [0, 0.1) is 0 Å². The third kappa shape index (κ3) is 4.01. The van der Waals surface area contributed by atoms with Gasteiger partial charge in [-0.2, -0.15) is 4.37 Å². The van der Waals surface area contributed by atoms with Crippen LogP contribution in [0.3, 0.4) is 0 Å². The van der Waals surface area contributed by atoms with Gasteiger partial charge in [-0.3, -0.25) is 0 Å². The Bertz CT molecular complexity index is 654. The second-order valence-corrected chi connectivity index (χ2v) is 5.07. The lowest BCUT2D eigenvalue weighted by molar-refractivity contribution is -0.496. The molecule has 7 heteroatoms. The van der Waals surface area contributed by atoms with E-state index in [0.717, 1.165) is 35.2 Å². The molecule has 1 aromatic carbocycles. The maximum atomic E-state index is 5.78. The molecule has 21 heavy (non-hydrogen) atoms. The third-order valence-electron chi connectivity index (χ3n) is 2.91. The number of benzene rings is 1. The van der Waals surface area contributed by atoms with E-state index in [4.69, 9.17) is 4.74 Å². The largest absolute Gasteiger partial charge is 1.00 e. The summed E-state index contributed by atoms with van der Waals surface area (Å²) in [6.07, 6.45) is 3.97. The Morgan fingerprint density at radius 1 is 1.29 bits per heavy atom. The molecule has 1 aliphatic rings. The Morgan fingerprint density at radius 3 is 2.86 bits per heavy atom. The number of hydrogen-bond donors (Lipinski definition) is 1. The average molecular weight is 414 g/mol. The van der Waals surface area contributed by atoms with Crippen molar-refractivity contribution in [1.29, 1.82) is 0 Å². The topological polar surface area (TPSA) is 50.0 Å². The minimum absolute atomic E-state index is 0. The number of allylic oxidation sites excluding steroid dienone is 1. The SMILES string of the molecule is C[N+]1=CC(c2nsnc2OCc2ccccc2)=CNC1.[I-]. The molecule has 1 aliphatic heterocycles. The van der Waals surface area contributed by atoms with Gasteiger partial charge in [0.2, 0.25) is 6.67 Å². The monoisotopic (exact) mass is 414 g/mol. The molecule has 0 amide bonds. The zero-order chi connectivity index (χ0) is 13.8. The number of nitrogens with zero attached hydrogens (tertiary/aromatic N) is 3. The summed E-state index contributed by atoms with van der Waals surface area (Å²) >= 11 is 1.16. The van der Waals surface area contributed by atoms with Crippen LogP contribution in [0.4, 0.5) is 0 Å². The van der Waals surface area contributed by atoms with Crippen LogP contribution < -0.4 is 34.0 Å². The molecule has 1 N–H and O–H groups in total. The Balaban J connectivity index is 0.00000161. The highest BCUT2D eigenvalue weighted by Gasteiger charge is 2.18. The molecule has 0 saturated carbocycles. The molecule has 0 aliphatic carbocycles. The molecule has 0 fully saturated rings. The fraction of sp³-hybridized carbons (Fsp3) is 0.214. The van der Waals surface area contributed by atoms with Crippen molar-refractivity contribution in [3.05, 3.63) is 47.8 Å². The van der Waals surface area contributed by atoms with E-state index in [1.165, 1.54) is 0 Å². The van der Waals surface area contributed by atoms with Gasteiger partial charge < -0.3 is 34.0 Å². The van der Waals surface area contributed by atoms with Crippen molar-refractivity contribution in [2.75, 3.05) is 13.7 Å². The second kappa shape index (κ2) is 7.51. The normalized spacial score (nSPS) is 13.6.